The Morgan fingerprint density at radius 1 is 1.28 bits per heavy atom. The van der Waals surface area contributed by atoms with Crippen LogP contribution in [0, 0.1) is 5.82 Å². The van der Waals surface area contributed by atoms with Crippen LogP contribution in [0.4, 0.5) is 4.39 Å². The van der Waals surface area contributed by atoms with Gasteiger partial charge in [-0.1, -0.05) is 12.1 Å². The molecule has 2 aromatic carbocycles. The van der Waals surface area contributed by atoms with Crippen molar-refractivity contribution in [2.75, 3.05) is 19.5 Å². The first-order valence-electron chi connectivity index (χ1n) is 7.64. The summed E-state index contributed by atoms with van der Waals surface area (Å²) >= 11 is 1.12. The highest BCUT2D eigenvalue weighted by Gasteiger charge is 2.06. The quantitative estimate of drug-likeness (QED) is 0.444. The summed E-state index contributed by atoms with van der Waals surface area (Å²) < 4.78 is 24.2. The van der Waals surface area contributed by atoms with E-state index in [1.807, 2.05) is 6.92 Å². The fourth-order valence-electron chi connectivity index (χ4n) is 1.96. The molecule has 25 heavy (non-hydrogen) atoms. The van der Waals surface area contributed by atoms with E-state index < -0.39 is 0 Å². The van der Waals surface area contributed by atoms with E-state index in [2.05, 4.69) is 10.5 Å². The van der Waals surface area contributed by atoms with Crippen molar-refractivity contribution in [3.63, 3.8) is 0 Å². The molecule has 0 fully saturated rings. The number of hydrogen-bond acceptors (Lipinski definition) is 5. The first-order valence-corrected chi connectivity index (χ1v) is 8.62. The molecule has 7 heteroatoms. The van der Waals surface area contributed by atoms with Gasteiger partial charge >= 0.3 is 0 Å². The van der Waals surface area contributed by atoms with Crippen LogP contribution in [-0.2, 0) is 4.79 Å². The summed E-state index contributed by atoms with van der Waals surface area (Å²) in [5, 5.41) is 3.90. The third-order valence-electron chi connectivity index (χ3n) is 3.09. The number of nitrogens with zero attached hydrogens (tertiary/aromatic N) is 1. The summed E-state index contributed by atoms with van der Waals surface area (Å²) in [5.41, 5.74) is 3.17. The van der Waals surface area contributed by atoms with E-state index in [1.165, 1.54) is 12.3 Å². The number of rotatable bonds is 8. The third kappa shape index (κ3) is 5.79. The highest BCUT2D eigenvalue weighted by atomic mass is 32.2. The topological polar surface area (TPSA) is 59.9 Å². The van der Waals surface area contributed by atoms with Gasteiger partial charge in [-0.25, -0.2) is 9.82 Å². The van der Waals surface area contributed by atoms with Crippen molar-refractivity contribution in [1.82, 2.24) is 5.43 Å². The van der Waals surface area contributed by atoms with Crippen molar-refractivity contribution < 1.29 is 18.7 Å². The number of carbonyl (C=O) groups excluding carboxylic acids is 1. The second-order valence-corrected chi connectivity index (χ2v) is 5.87. The van der Waals surface area contributed by atoms with E-state index in [0.29, 0.717) is 23.0 Å². The van der Waals surface area contributed by atoms with Gasteiger partial charge < -0.3 is 9.47 Å². The number of hydrazone groups is 1. The number of benzene rings is 2. The Hall–Kier alpha value is -2.54. The molecule has 5 nitrogen and oxygen atoms in total. The molecule has 0 aromatic heterocycles. The number of thioether (sulfide) groups is 1. The van der Waals surface area contributed by atoms with Gasteiger partial charge in [-0.2, -0.15) is 5.10 Å². The monoisotopic (exact) mass is 362 g/mol. The maximum atomic E-state index is 13.5. The van der Waals surface area contributed by atoms with Gasteiger partial charge in [0.2, 0.25) is 5.91 Å². The zero-order valence-corrected chi connectivity index (χ0v) is 14.8. The van der Waals surface area contributed by atoms with Crippen LogP contribution in [0.2, 0.25) is 0 Å². The second kappa shape index (κ2) is 9.68. The minimum Gasteiger partial charge on any atom is -0.493 e. The third-order valence-corrected chi connectivity index (χ3v) is 4.13. The maximum absolute atomic E-state index is 13.5. The maximum Gasteiger partial charge on any atom is 0.250 e. The molecule has 1 amide bonds. The van der Waals surface area contributed by atoms with Crippen LogP contribution in [0.1, 0.15) is 12.5 Å². The minimum atomic E-state index is -0.342. The zero-order chi connectivity index (χ0) is 18.1. The second-order valence-electron chi connectivity index (χ2n) is 4.86. The number of nitrogens with one attached hydrogen (secondary N) is 1. The molecular formula is C18H19FN2O3S. The molecule has 0 aliphatic rings. The number of carbonyl (C=O) groups is 1. The molecule has 1 N–H and O–H groups in total. The molecule has 0 heterocycles. The number of amides is 1. The molecule has 0 bridgehead atoms. The Morgan fingerprint density at radius 3 is 2.80 bits per heavy atom. The van der Waals surface area contributed by atoms with Crippen LogP contribution < -0.4 is 14.9 Å². The Kier molecular flexibility index (Phi) is 7.28. The summed E-state index contributed by atoms with van der Waals surface area (Å²) in [7, 11) is 1.56. The molecule has 2 aromatic rings. The standard InChI is InChI=1S/C18H19FN2O3S/c1-3-24-15-9-8-13(10-16(15)23-2)11-20-21-18(22)12-25-17-7-5-4-6-14(17)19/h4-11H,3,12H2,1-2H3,(H,21,22)/b20-11-. The number of hydrogen-bond donors (Lipinski definition) is 1. The fourth-order valence-corrected chi connectivity index (χ4v) is 2.69. The highest BCUT2D eigenvalue weighted by Crippen LogP contribution is 2.27. The molecule has 0 aliphatic heterocycles. The minimum absolute atomic E-state index is 0.0743. The van der Waals surface area contributed by atoms with Gasteiger partial charge in [-0.3, -0.25) is 4.79 Å². The van der Waals surface area contributed by atoms with Crippen molar-refractivity contribution in [1.29, 1.82) is 0 Å². The smallest absolute Gasteiger partial charge is 0.250 e. The Bertz CT molecular complexity index is 753. The van der Waals surface area contributed by atoms with E-state index in [0.717, 1.165) is 17.3 Å². The molecule has 0 unspecified atom stereocenters. The Balaban J connectivity index is 1.87. The molecule has 0 atom stereocenters. The van der Waals surface area contributed by atoms with E-state index in [4.69, 9.17) is 9.47 Å². The normalized spacial score (nSPS) is 10.7. The SMILES string of the molecule is CCOc1ccc(/C=N\NC(=O)CSc2ccccc2F)cc1OC. The van der Waals surface area contributed by atoms with Crippen LogP contribution in [0.25, 0.3) is 0 Å². The number of ether oxygens (including phenoxy) is 2. The van der Waals surface area contributed by atoms with Crippen LogP contribution in [0.5, 0.6) is 11.5 Å². The molecule has 0 aliphatic carbocycles. The zero-order valence-electron chi connectivity index (χ0n) is 14.0. The summed E-state index contributed by atoms with van der Waals surface area (Å²) in [6, 6.07) is 11.7. The molecular weight excluding hydrogens is 343 g/mol. The lowest BCUT2D eigenvalue weighted by atomic mass is 10.2. The van der Waals surface area contributed by atoms with E-state index in [9.17, 15) is 9.18 Å². The fraction of sp³-hybridized carbons (Fsp3) is 0.222. The van der Waals surface area contributed by atoms with Crippen molar-refractivity contribution in [2.24, 2.45) is 5.10 Å². The van der Waals surface area contributed by atoms with Gasteiger partial charge in [0, 0.05) is 4.90 Å². The first kappa shape index (κ1) is 18.8. The molecule has 0 saturated heterocycles. The average Bonchev–Trinajstić information content (AvgIpc) is 2.62. The first-order chi connectivity index (χ1) is 12.1. The van der Waals surface area contributed by atoms with Gasteiger partial charge in [0.15, 0.2) is 11.5 Å². The Morgan fingerprint density at radius 2 is 2.08 bits per heavy atom. The van der Waals surface area contributed by atoms with Crippen LogP contribution >= 0.6 is 11.8 Å². The molecule has 132 valence electrons. The van der Waals surface area contributed by atoms with Crippen molar-refractivity contribution in [2.45, 2.75) is 11.8 Å². The van der Waals surface area contributed by atoms with Crippen LogP contribution in [-0.4, -0.2) is 31.6 Å². The van der Waals surface area contributed by atoms with Gasteiger partial charge in [-0.05, 0) is 42.8 Å². The predicted molar refractivity (Wildman–Crippen MR) is 97.0 cm³/mol. The van der Waals surface area contributed by atoms with Gasteiger partial charge in [0.25, 0.3) is 0 Å². The lowest BCUT2D eigenvalue weighted by Gasteiger charge is -2.09. The van der Waals surface area contributed by atoms with Gasteiger partial charge in [0.05, 0.1) is 25.7 Å². The molecule has 2 rings (SSSR count). The number of halogens is 1. The Labute approximate surface area is 150 Å². The lowest BCUT2D eigenvalue weighted by molar-refractivity contribution is -0.118. The van der Waals surface area contributed by atoms with Crippen LogP contribution in [0.3, 0.4) is 0 Å². The van der Waals surface area contributed by atoms with Crippen LogP contribution in [0.15, 0.2) is 52.5 Å². The molecule has 0 radical (unpaired) electrons. The summed E-state index contributed by atoms with van der Waals surface area (Å²) in [4.78, 5) is 12.2. The summed E-state index contributed by atoms with van der Waals surface area (Å²) in [6.07, 6.45) is 1.50. The largest absolute Gasteiger partial charge is 0.493 e. The van der Waals surface area contributed by atoms with Gasteiger partial charge in [-0.15, -0.1) is 11.8 Å². The number of methoxy groups -OCH3 is 1. The van der Waals surface area contributed by atoms with Gasteiger partial charge in [0.1, 0.15) is 5.82 Å². The lowest BCUT2D eigenvalue weighted by Crippen LogP contribution is -2.19. The van der Waals surface area contributed by atoms with E-state index >= 15 is 0 Å². The predicted octanol–water partition coefficient (Wildman–Crippen LogP) is 3.48. The van der Waals surface area contributed by atoms with Crippen molar-refractivity contribution >= 4 is 23.9 Å². The molecule has 0 saturated carbocycles. The highest BCUT2D eigenvalue weighted by molar-refractivity contribution is 8.00. The van der Waals surface area contributed by atoms with E-state index in [1.54, 1.807) is 43.5 Å². The average molecular weight is 362 g/mol. The van der Waals surface area contributed by atoms with Crippen molar-refractivity contribution in [3.05, 3.63) is 53.8 Å². The van der Waals surface area contributed by atoms with E-state index in [-0.39, 0.29) is 17.5 Å². The summed E-state index contributed by atoms with van der Waals surface area (Å²) in [6.45, 7) is 2.43. The molecule has 0 spiro atoms. The van der Waals surface area contributed by atoms with Crippen molar-refractivity contribution in [3.8, 4) is 11.5 Å². The summed E-state index contributed by atoms with van der Waals surface area (Å²) in [5.74, 6) is 0.651.